The van der Waals surface area contributed by atoms with Gasteiger partial charge in [0.2, 0.25) is 6.35 Å². The molecular weight excluding hydrogens is 236 g/mol. The van der Waals surface area contributed by atoms with Crippen molar-refractivity contribution in [3.05, 3.63) is 23.8 Å². The average molecular weight is 254 g/mol. The van der Waals surface area contributed by atoms with Crippen LogP contribution >= 0.6 is 0 Å². The van der Waals surface area contributed by atoms with Gasteiger partial charge >= 0.3 is 5.97 Å². The number of esters is 1. The number of hydrogen-bond acceptors (Lipinski definition) is 6. The zero-order valence-electron chi connectivity index (χ0n) is 10.7. The van der Waals surface area contributed by atoms with Crippen LogP contribution in [0.2, 0.25) is 0 Å². The summed E-state index contributed by atoms with van der Waals surface area (Å²) in [7, 11) is 1.28. The molecule has 0 spiro atoms. The number of carbonyl (C=O) groups is 1. The van der Waals surface area contributed by atoms with Gasteiger partial charge in [-0.3, -0.25) is 11.5 Å². The van der Waals surface area contributed by atoms with E-state index in [1.54, 1.807) is 18.2 Å². The van der Waals surface area contributed by atoms with Crippen molar-refractivity contribution in [3.63, 3.8) is 0 Å². The van der Waals surface area contributed by atoms with Gasteiger partial charge in [-0.1, -0.05) is 0 Å². The summed E-state index contributed by atoms with van der Waals surface area (Å²) >= 11 is 0. The van der Waals surface area contributed by atoms with Crippen LogP contribution in [0.15, 0.2) is 18.2 Å². The molecule has 0 aliphatic rings. The summed E-state index contributed by atoms with van der Waals surface area (Å²) in [5.41, 5.74) is 10.9. The second-order valence-electron chi connectivity index (χ2n) is 3.90. The molecule has 0 aliphatic heterocycles. The first-order valence-corrected chi connectivity index (χ1v) is 5.51. The summed E-state index contributed by atoms with van der Waals surface area (Å²) in [5.74, 6) is 0.269. The third-order valence-electron chi connectivity index (χ3n) is 1.99. The molecule has 0 bridgehead atoms. The van der Waals surface area contributed by atoms with Crippen LogP contribution in [0.3, 0.4) is 0 Å². The Kier molecular flexibility index (Phi) is 4.94. The molecule has 4 N–H and O–H groups in total. The van der Waals surface area contributed by atoms with Crippen molar-refractivity contribution in [3.8, 4) is 11.5 Å². The van der Waals surface area contributed by atoms with E-state index in [0.29, 0.717) is 5.75 Å². The Labute approximate surface area is 106 Å². The normalized spacial score (nSPS) is 10.6. The minimum atomic E-state index is -1.03. The first-order chi connectivity index (χ1) is 8.43. The van der Waals surface area contributed by atoms with Crippen molar-refractivity contribution in [1.82, 2.24) is 0 Å². The van der Waals surface area contributed by atoms with Crippen LogP contribution in [-0.4, -0.2) is 25.5 Å². The summed E-state index contributed by atoms with van der Waals surface area (Å²) in [6, 6.07) is 4.75. The van der Waals surface area contributed by atoms with Crippen molar-refractivity contribution in [2.45, 2.75) is 26.3 Å². The first kappa shape index (κ1) is 14.3. The number of benzene rings is 1. The Morgan fingerprint density at radius 2 is 1.89 bits per heavy atom. The standard InChI is InChI=1S/C12H18N2O4/c1-7(2)17-8-4-5-9(11(15)16-3)10(6-8)18-12(13)14/h4-7,12H,13-14H2,1-3H3. The Hall–Kier alpha value is -1.79. The van der Waals surface area contributed by atoms with Crippen molar-refractivity contribution in [2.75, 3.05) is 7.11 Å². The fraction of sp³-hybridized carbons (Fsp3) is 0.417. The first-order valence-electron chi connectivity index (χ1n) is 5.51. The maximum atomic E-state index is 11.5. The molecule has 6 heteroatoms. The van der Waals surface area contributed by atoms with Gasteiger partial charge in [0.1, 0.15) is 17.1 Å². The van der Waals surface area contributed by atoms with Gasteiger partial charge in [-0.25, -0.2) is 4.79 Å². The number of methoxy groups -OCH3 is 1. The van der Waals surface area contributed by atoms with Crippen molar-refractivity contribution >= 4 is 5.97 Å². The summed E-state index contributed by atoms with van der Waals surface area (Å²) in [6.45, 7) is 3.78. The van der Waals surface area contributed by atoms with Crippen LogP contribution < -0.4 is 20.9 Å². The molecule has 0 amide bonds. The third-order valence-corrected chi connectivity index (χ3v) is 1.99. The van der Waals surface area contributed by atoms with E-state index in [-0.39, 0.29) is 17.4 Å². The molecule has 1 rings (SSSR count). The summed E-state index contributed by atoms with van der Waals surface area (Å²) in [6.07, 6.45) is -1.02. The van der Waals surface area contributed by atoms with Crippen molar-refractivity contribution in [1.29, 1.82) is 0 Å². The third kappa shape index (κ3) is 3.90. The second kappa shape index (κ2) is 6.23. The predicted molar refractivity (Wildman–Crippen MR) is 66.3 cm³/mol. The van der Waals surface area contributed by atoms with E-state index in [9.17, 15) is 4.79 Å². The van der Waals surface area contributed by atoms with Crippen LogP contribution in [0, 0.1) is 0 Å². The minimum absolute atomic E-state index is 0.00776. The molecule has 1 aromatic rings. The molecule has 0 aliphatic carbocycles. The highest BCUT2D eigenvalue weighted by Gasteiger charge is 2.15. The second-order valence-corrected chi connectivity index (χ2v) is 3.90. The molecule has 6 nitrogen and oxygen atoms in total. The fourth-order valence-electron chi connectivity index (χ4n) is 1.37. The highest BCUT2D eigenvalue weighted by atomic mass is 16.5. The van der Waals surface area contributed by atoms with Gasteiger partial charge in [-0.05, 0) is 26.0 Å². The lowest BCUT2D eigenvalue weighted by Gasteiger charge is -2.15. The zero-order valence-corrected chi connectivity index (χ0v) is 10.7. The number of hydrogen-bond donors (Lipinski definition) is 2. The molecule has 0 aromatic heterocycles. The summed E-state index contributed by atoms with van der Waals surface area (Å²) < 4.78 is 15.3. The van der Waals surface area contributed by atoms with E-state index < -0.39 is 12.3 Å². The predicted octanol–water partition coefficient (Wildman–Crippen LogP) is 0.840. The van der Waals surface area contributed by atoms with E-state index >= 15 is 0 Å². The molecule has 0 fully saturated rings. The lowest BCUT2D eigenvalue weighted by Crippen LogP contribution is -2.37. The average Bonchev–Trinajstić information content (AvgIpc) is 2.26. The lowest BCUT2D eigenvalue weighted by molar-refractivity contribution is 0.0593. The monoisotopic (exact) mass is 254 g/mol. The summed E-state index contributed by atoms with van der Waals surface area (Å²) in [4.78, 5) is 11.5. The van der Waals surface area contributed by atoms with Crippen LogP contribution in [0.5, 0.6) is 11.5 Å². The number of ether oxygens (including phenoxy) is 3. The van der Waals surface area contributed by atoms with Crippen molar-refractivity contribution in [2.24, 2.45) is 11.5 Å². The van der Waals surface area contributed by atoms with Crippen molar-refractivity contribution < 1.29 is 19.0 Å². The largest absolute Gasteiger partial charge is 0.491 e. The van der Waals surface area contributed by atoms with E-state index in [1.807, 2.05) is 13.8 Å². The van der Waals surface area contributed by atoms with Gasteiger partial charge in [0, 0.05) is 6.07 Å². The maximum Gasteiger partial charge on any atom is 0.341 e. The number of nitrogens with two attached hydrogens (primary N) is 2. The van der Waals surface area contributed by atoms with E-state index in [4.69, 9.17) is 20.9 Å². The molecule has 0 saturated carbocycles. The van der Waals surface area contributed by atoms with Gasteiger partial charge < -0.3 is 14.2 Å². The maximum absolute atomic E-state index is 11.5. The Balaban J connectivity index is 3.07. The number of carbonyl (C=O) groups excluding carboxylic acids is 1. The van der Waals surface area contributed by atoms with E-state index in [2.05, 4.69) is 4.74 Å². The van der Waals surface area contributed by atoms with E-state index in [0.717, 1.165) is 0 Å². The SMILES string of the molecule is COC(=O)c1ccc(OC(C)C)cc1OC(N)N. The highest BCUT2D eigenvalue weighted by Crippen LogP contribution is 2.26. The van der Waals surface area contributed by atoms with Gasteiger partial charge in [0.15, 0.2) is 0 Å². The Bertz CT molecular complexity index is 419. The Morgan fingerprint density at radius 1 is 1.22 bits per heavy atom. The van der Waals surface area contributed by atoms with Gasteiger partial charge in [0.05, 0.1) is 13.2 Å². The van der Waals surface area contributed by atoms with Gasteiger partial charge in [-0.15, -0.1) is 0 Å². The lowest BCUT2D eigenvalue weighted by atomic mass is 10.2. The molecule has 0 saturated heterocycles. The zero-order chi connectivity index (χ0) is 13.7. The number of rotatable bonds is 5. The Morgan fingerprint density at radius 3 is 2.39 bits per heavy atom. The van der Waals surface area contributed by atoms with Crippen LogP contribution in [-0.2, 0) is 4.74 Å². The molecule has 100 valence electrons. The van der Waals surface area contributed by atoms with Crippen LogP contribution in [0.4, 0.5) is 0 Å². The molecule has 0 heterocycles. The van der Waals surface area contributed by atoms with E-state index in [1.165, 1.54) is 7.11 Å². The van der Waals surface area contributed by atoms with Crippen LogP contribution in [0.1, 0.15) is 24.2 Å². The molecule has 0 unspecified atom stereocenters. The van der Waals surface area contributed by atoms with Gasteiger partial charge in [-0.2, -0.15) is 0 Å². The van der Waals surface area contributed by atoms with Gasteiger partial charge in [0.25, 0.3) is 0 Å². The highest BCUT2D eigenvalue weighted by molar-refractivity contribution is 5.92. The quantitative estimate of drug-likeness (QED) is 0.597. The molecule has 0 radical (unpaired) electrons. The molecule has 18 heavy (non-hydrogen) atoms. The smallest absolute Gasteiger partial charge is 0.341 e. The topological polar surface area (TPSA) is 96.8 Å². The fourth-order valence-corrected chi connectivity index (χ4v) is 1.37. The summed E-state index contributed by atoms with van der Waals surface area (Å²) in [5, 5.41) is 0. The van der Waals surface area contributed by atoms with Crippen LogP contribution in [0.25, 0.3) is 0 Å². The molecule has 1 aromatic carbocycles. The molecule has 0 atom stereocenters. The molecular formula is C12H18N2O4. The minimum Gasteiger partial charge on any atom is -0.491 e.